The molecule has 1 atom stereocenters. The fraction of sp³-hybridized carbons (Fsp3) is 0.615. The fourth-order valence-electron chi connectivity index (χ4n) is 2.13. The van der Waals surface area contributed by atoms with Crippen molar-refractivity contribution < 1.29 is 19.5 Å². The van der Waals surface area contributed by atoms with Crippen molar-refractivity contribution in [3.63, 3.8) is 0 Å². The number of hydrogen-bond donors (Lipinski definition) is 1. The third kappa shape index (κ3) is 3.18. The molecule has 0 aromatic carbocycles. The number of imide groups is 1. The zero-order valence-electron chi connectivity index (χ0n) is 10.6. The monoisotopic (exact) mass is 253 g/mol. The first-order chi connectivity index (χ1) is 8.49. The lowest BCUT2D eigenvalue weighted by Crippen LogP contribution is -2.42. The number of rotatable bonds is 7. The summed E-state index contributed by atoms with van der Waals surface area (Å²) in [5.41, 5.74) is -0.0743. The Bertz CT molecular complexity index is 359. The van der Waals surface area contributed by atoms with Gasteiger partial charge in [0.15, 0.2) is 0 Å². The molecule has 0 radical (unpaired) electrons. The number of carboxylic acid groups (broad SMARTS) is 1. The first-order valence-corrected chi connectivity index (χ1v) is 6.26. The normalized spacial score (nSPS) is 17.1. The quantitative estimate of drug-likeness (QED) is 0.426. The largest absolute Gasteiger partial charge is 0.478 e. The van der Waals surface area contributed by atoms with E-state index in [2.05, 4.69) is 6.58 Å². The van der Waals surface area contributed by atoms with E-state index >= 15 is 0 Å². The van der Waals surface area contributed by atoms with Gasteiger partial charge in [-0.2, -0.15) is 0 Å². The average molecular weight is 253 g/mol. The van der Waals surface area contributed by atoms with Gasteiger partial charge in [0.2, 0.25) is 11.8 Å². The minimum atomic E-state index is -1.15. The van der Waals surface area contributed by atoms with Gasteiger partial charge in [-0.15, -0.1) is 0 Å². The predicted octanol–water partition coefficient (Wildman–Crippen LogP) is 1.73. The number of hydrogen-bond acceptors (Lipinski definition) is 3. The molecule has 1 N–H and O–H groups in total. The second kappa shape index (κ2) is 6.33. The molecular weight excluding hydrogens is 234 g/mol. The number of amides is 2. The molecule has 1 fully saturated rings. The number of carbonyl (C=O) groups is 3. The van der Waals surface area contributed by atoms with Crippen LogP contribution in [0.15, 0.2) is 12.2 Å². The highest BCUT2D eigenvalue weighted by molar-refractivity contribution is 6.03. The van der Waals surface area contributed by atoms with Crippen LogP contribution in [-0.4, -0.2) is 33.8 Å². The molecule has 5 heteroatoms. The van der Waals surface area contributed by atoms with Crippen molar-refractivity contribution in [2.24, 2.45) is 0 Å². The first kappa shape index (κ1) is 14.4. The van der Waals surface area contributed by atoms with Gasteiger partial charge in [0.05, 0.1) is 11.6 Å². The topological polar surface area (TPSA) is 74.7 Å². The summed E-state index contributed by atoms with van der Waals surface area (Å²) in [6.07, 6.45) is 3.56. The maximum absolute atomic E-state index is 11.7. The van der Waals surface area contributed by atoms with Crippen molar-refractivity contribution in [1.82, 2.24) is 4.90 Å². The van der Waals surface area contributed by atoms with E-state index in [-0.39, 0.29) is 30.2 Å². The van der Waals surface area contributed by atoms with Crippen molar-refractivity contribution in [1.29, 1.82) is 0 Å². The average Bonchev–Trinajstić information content (AvgIpc) is 2.65. The maximum Gasteiger partial charge on any atom is 0.333 e. The van der Waals surface area contributed by atoms with Gasteiger partial charge >= 0.3 is 5.97 Å². The van der Waals surface area contributed by atoms with Gasteiger partial charge in [-0.3, -0.25) is 14.5 Å². The number of carboxylic acids is 1. The van der Waals surface area contributed by atoms with Crippen molar-refractivity contribution in [2.75, 3.05) is 0 Å². The van der Waals surface area contributed by atoms with Crippen LogP contribution in [-0.2, 0) is 14.4 Å². The molecule has 5 nitrogen and oxygen atoms in total. The van der Waals surface area contributed by atoms with Crippen molar-refractivity contribution >= 4 is 17.8 Å². The summed E-state index contributed by atoms with van der Waals surface area (Å²) in [7, 11) is 0. The zero-order valence-corrected chi connectivity index (χ0v) is 10.6. The lowest BCUT2D eigenvalue weighted by molar-refractivity contribution is -0.141. The molecule has 1 aliphatic heterocycles. The molecule has 1 aliphatic rings. The molecule has 2 amide bonds. The molecule has 0 aliphatic carbocycles. The van der Waals surface area contributed by atoms with E-state index in [1.165, 1.54) is 0 Å². The van der Waals surface area contributed by atoms with Crippen LogP contribution in [0, 0.1) is 0 Å². The molecule has 0 saturated carbocycles. The Hall–Kier alpha value is -1.65. The van der Waals surface area contributed by atoms with Crippen molar-refractivity contribution in [3.05, 3.63) is 12.2 Å². The third-order valence-electron chi connectivity index (χ3n) is 3.16. The summed E-state index contributed by atoms with van der Waals surface area (Å²) >= 11 is 0. The Morgan fingerprint density at radius 1 is 1.33 bits per heavy atom. The third-order valence-corrected chi connectivity index (χ3v) is 3.16. The molecular formula is C13H19NO4. The lowest BCUT2D eigenvalue weighted by atomic mass is 10.00. The number of carbonyl (C=O) groups excluding carboxylic acids is 2. The number of likely N-dealkylation sites (tertiary alicyclic amines) is 1. The number of unbranched alkanes of at least 4 members (excludes halogenated alkanes) is 2. The highest BCUT2D eigenvalue weighted by Gasteiger charge is 2.37. The second-order valence-corrected chi connectivity index (χ2v) is 4.50. The summed E-state index contributed by atoms with van der Waals surface area (Å²) in [6, 6.07) is -0.684. The van der Waals surface area contributed by atoms with E-state index < -0.39 is 12.0 Å². The SMILES string of the molecule is C=C(C(=O)O)C(CCCCC)N1C(=O)CCC1=O. The van der Waals surface area contributed by atoms with Gasteiger partial charge in [-0.25, -0.2) is 4.79 Å². The van der Waals surface area contributed by atoms with Crippen LogP contribution in [0.5, 0.6) is 0 Å². The van der Waals surface area contributed by atoms with Crippen LogP contribution in [0.4, 0.5) is 0 Å². The van der Waals surface area contributed by atoms with Gasteiger partial charge in [0.1, 0.15) is 0 Å². The summed E-state index contributed by atoms with van der Waals surface area (Å²) in [5, 5.41) is 8.99. The highest BCUT2D eigenvalue weighted by Crippen LogP contribution is 2.23. The Morgan fingerprint density at radius 2 is 1.89 bits per heavy atom. The van der Waals surface area contributed by atoms with Crippen LogP contribution >= 0.6 is 0 Å². The van der Waals surface area contributed by atoms with E-state index in [4.69, 9.17) is 5.11 Å². The van der Waals surface area contributed by atoms with Crippen LogP contribution in [0.25, 0.3) is 0 Å². The van der Waals surface area contributed by atoms with E-state index in [1.807, 2.05) is 6.92 Å². The smallest absolute Gasteiger partial charge is 0.333 e. The van der Waals surface area contributed by atoms with Crippen LogP contribution < -0.4 is 0 Å². The molecule has 1 heterocycles. The number of aliphatic carboxylic acids is 1. The van der Waals surface area contributed by atoms with Crippen molar-refractivity contribution in [3.8, 4) is 0 Å². The van der Waals surface area contributed by atoms with Gasteiger partial charge in [0.25, 0.3) is 0 Å². The molecule has 0 bridgehead atoms. The Kier molecular flexibility index (Phi) is 5.07. The minimum Gasteiger partial charge on any atom is -0.478 e. The summed E-state index contributed by atoms with van der Waals surface area (Å²) in [4.78, 5) is 35.4. The number of nitrogens with zero attached hydrogens (tertiary/aromatic N) is 1. The summed E-state index contributed by atoms with van der Waals surface area (Å²) in [5.74, 6) is -1.73. The summed E-state index contributed by atoms with van der Waals surface area (Å²) < 4.78 is 0. The van der Waals surface area contributed by atoms with Gasteiger partial charge in [-0.1, -0.05) is 32.8 Å². The molecule has 1 unspecified atom stereocenters. The van der Waals surface area contributed by atoms with Gasteiger partial charge in [0, 0.05) is 12.8 Å². The molecule has 18 heavy (non-hydrogen) atoms. The molecule has 100 valence electrons. The van der Waals surface area contributed by atoms with Crippen molar-refractivity contribution in [2.45, 2.75) is 51.5 Å². The Labute approximate surface area is 106 Å². The predicted molar refractivity (Wildman–Crippen MR) is 65.8 cm³/mol. The van der Waals surface area contributed by atoms with Gasteiger partial charge in [-0.05, 0) is 6.42 Å². The van der Waals surface area contributed by atoms with E-state index in [0.29, 0.717) is 6.42 Å². The summed E-state index contributed by atoms with van der Waals surface area (Å²) in [6.45, 7) is 5.54. The van der Waals surface area contributed by atoms with Crippen LogP contribution in [0.3, 0.4) is 0 Å². The second-order valence-electron chi connectivity index (χ2n) is 4.50. The van der Waals surface area contributed by atoms with E-state index in [9.17, 15) is 14.4 Å². The molecule has 1 rings (SSSR count). The molecule has 1 saturated heterocycles. The standard InChI is InChI=1S/C13H19NO4/c1-3-4-5-6-10(9(2)13(17)18)14-11(15)7-8-12(14)16/h10H,2-8H2,1H3,(H,17,18). The maximum atomic E-state index is 11.7. The van der Waals surface area contributed by atoms with E-state index in [1.54, 1.807) is 0 Å². The van der Waals surface area contributed by atoms with Crippen LogP contribution in [0.1, 0.15) is 45.4 Å². The Balaban J connectivity index is 2.82. The van der Waals surface area contributed by atoms with Gasteiger partial charge < -0.3 is 5.11 Å². The molecule has 0 spiro atoms. The van der Waals surface area contributed by atoms with Crippen LogP contribution in [0.2, 0.25) is 0 Å². The molecule has 0 aromatic rings. The lowest BCUT2D eigenvalue weighted by Gasteiger charge is -2.26. The minimum absolute atomic E-state index is 0.0743. The zero-order chi connectivity index (χ0) is 13.7. The first-order valence-electron chi connectivity index (χ1n) is 6.26. The van der Waals surface area contributed by atoms with E-state index in [0.717, 1.165) is 24.2 Å². The highest BCUT2D eigenvalue weighted by atomic mass is 16.4. The Morgan fingerprint density at radius 3 is 2.33 bits per heavy atom. The molecule has 0 aromatic heterocycles. The fourth-order valence-corrected chi connectivity index (χ4v) is 2.13.